The van der Waals surface area contributed by atoms with Gasteiger partial charge in [-0.15, -0.1) is 0 Å². The van der Waals surface area contributed by atoms with Gasteiger partial charge in [0.2, 0.25) is 0 Å². The Morgan fingerprint density at radius 2 is 1.27 bits per heavy atom. The Morgan fingerprint density at radius 3 is 1.36 bits per heavy atom. The Morgan fingerprint density at radius 1 is 1.00 bits per heavy atom. The molecule has 11 heavy (non-hydrogen) atoms. The molecule has 0 N–H and O–H groups in total. The topological polar surface area (TPSA) is 47.6 Å². The molecule has 0 fully saturated rings. The van der Waals surface area contributed by atoms with Crippen molar-refractivity contribution in [1.29, 1.82) is 10.5 Å². The molecule has 0 aliphatic carbocycles. The van der Waals surface area contributed by atoms with Crippen molar-refractivity contribution in [2.24, 2.45) is 0 Å². The first kappa shape index (κ1) is 12.4. The van der Waals surface area contributed by atoms with Crippen molar-refractivity contribution in [3.8, 4) is 12.1 Å². The van der Waals surface area contributed by atoms with Gasteiger partial charge in [0.1, 0.15) is 0 Å². The van der Waals surface area contributed by atoms with Gasteiger partial charge in [-0.1, -0.05) is 12.1 Å². The quantitative estimate of drug-likeness (QED) is 0.595. The van der Waals surface area contributed by atoms with E-state index >= 15 is 0 Å². The van der Waals surface area contributed by atoms with Crippen molar-refractivity contribution in [2.45, 2.75) is 13.8 Å². The monoisotopic (exact) mass is 166 g/mol. The molecular formula is C8H10N2S. The number of hydrogen-bond acceptors (Lipinski definition) is 3. The van der Waals surface area contributed by atoms with Crippen molar-refractivity contribution in [3.63, 3.8) is 0 Å². The second kappa shape index (κ2) is 15.9. The van der Waals surface area contributed by atoms with Gasteiger partial charge in [-0.3, -0.25) is 0 Å². The molecule has 0 saturated heterocycles. The summed E-state index contributed by atoms with van der Waals surface area (Å²) in [6, 6.07) is 7.54. The molecule has 0 aliphatic rings. The van der Waals surface area contributed by atoms with Crippen molar-refractivity contribution in [1.82, 2.24) is 0 Å². The van der Waals surface area contributed by atoms with Crippen LogP contribution in [0.2, 0.25) is 0 Å². The lowest BCUT2D eigenvalue weighted by atomic mass is 10.7. The van der Waals surface area contributed by atoms with E-state index in [4.69, 9.17) is 10.5 Å². The lowest BCUT2D eigenvalue weighted by Crippen LogP contribution is -1.16. The molecule has 3 heteroatoms. The van der Waals surface area contributed by atoms with Crippen LogP contribution in [0.3, 0.4) is 0 Å². The van der Waals surface area contributed by atoms with Gasteiger partial charge in [0.15, 0.2) is 0 Å². The lowest BCUT2D eigenvalue weighted by molar-refractivity contribution is 1.49. The molecule has 1 aromatic rings. The molecule has 58 valence electrons. The minimum absolute atomic E-state index is 1.43. The molecule has 1 heterocycles. The highest BCUT2D eigenvalue weighted by molar-refractivity contribution is 7.07. The van der Waals surface area contributed by atoms with Crippen LogP contribution in [0.15, 0.2) is 22.9 Å². The third-order valence-electron chi connectivity index (χ3n) is 0.425. The average Bonchev–Trinajstić information content (AvgIpc) is 2.44. The normalized spacial score (nSPS) is 5.09. The Balaban J connectivity index is 0. The number of rotatable bonds is 0. The van der Waals surface area contributed by atoms with Crippen molar-refractivity contribution >= 4 is 11.3 Å². The molecule has 0 aromatic carbocycles. The van der Waals surface area contributed by atoms with Gasteiger partial charge >= 0.3 is 0 Å². The van der Waals surface area contributed by atoms with Crippen LogP contribution in [0.4, 0.5) is 0 Å². The van der Waals surface area contributed by atoms with Crippen LogP contribution in [0.25, 0.3) is 0 Å². The van der Waals surface area contributed by atoms with Crippen LogP contribution in [0.5, 0.6) is 0 Å². The zero-order chi connectivity index (χ0) is 8.95. The number of nitriles is 2. The van der Waals surface area contributed by atoms with E-state index in [2.05, 4.69) is 0 Å². The standard InChI is InChI=1S/C4H4S.2C2H3N/c1-2-4-5-3-1;2*1-2-3/h1-4H;2*1H3. The number of nitrogens with zero attached hydrogens (tertiary/aromatic N) is 2. The predicted octanol–water partition coefficient (Wildman–Crippen LogP) is 2.81. The molecule has 0 bridgehead atoms. The Bertz CT molecular complexity index is 174. The zero-order valence-electron chi connectivity index (χ0n) is 6.61. The molecule has 0 atom stereocenters. The molecule has 0 unspecified atom stereocenters. The minimum atomic E-state index is 1.43. The second-order valence-corrected chi connectivity index (χ2v) is 2.06. The van der Waals surface area contributed by atoms with E-state index in [0.29, 0.717) is 0 Å². The maximum Gasteiger partial charge on any atom is 0.0587 e. The summed E-state index contributed by atoms with van der Waals surface area (Å²) in [5.41, 5.74) is 0. The lowest BCUT2D eigenvalue weighted by Gasteiger charge is -1.39. The van der Waals surface area contributed by atoms with Gasteiger partial charge < -0.3 is 0 Å². The molecule has 1 aromatic heterocycles. The minimum Gasteiger partial charge on any atom is -0.199 e. The predicted molar refractivity (Wildman–Crippen MR) is 46.9 cm³/mol. The highest BCUT2D eigenvalue weighted by atomic mass is 32.1. The van der Waals surface area contributed by atoms with Crippen LogP contribution >= 0.6 is 11.3 Å². The maximum absolute atomic E-state index is 7.32. The summed E-state index contributed by atoms with van der Waals surface area (Å²) < 4.78 is 0. The molecule has 0 amide bonds. The molecular weight excluding hydrogens is 156 g/mol. The van der Waals surface area contributed by atoms with Gasteiger partial charge in [-0.25, -0.2) is 0 Å². The summed E-state index contributed by atoms with van der Waals surface area (Å²) in [7, 11) is 0. The van der Waals surface area contributed by atoms with Gasteiger partial charge in [0.05, 0.1) is 12.1 Å². The second-order valence-electron chi connectivity index (χ2n) is 1.24. The fourth-order valence-corrected chi connectivity index (χ4v) is 0.680. The number of thiophene rings is 1. The van der Waals surface area contributed by atoms with E-state index in [9.17, 15) is 0 Å². The summed E-state index contributed by atoms with van der Waals surface area (Å²) in [6.45, 7) is 2.86. The number of hydrogen-bond donors (Lipinski definition) is 0. The maximum atomic E-state index is 7.32. The smallest absolute Gasteiger partial charge is 0.0587 e. The summed E-state index contributed by atoms with van der Waals surface area (Å²) in [4.78, 5) is 0. The Kier molecular flexibility index (Phi) is 17.8. The fraction of sp³-hybridized carbons (Fsp3) is 0.250. The van der Waals surface area contributed by atoms with E-state index in [-0.39, 0.29) is 0 Å². The van der Waals surface area contributed by atoms with Crippen LogP contribution in [-0.2, 0) is 0 Å². The van der Waals surface area contributed by atoms with Crippen LogP contribution < -0.4 is 0 Å². The van der Waals surface area contributed by atoms with Crippen LogP contribution in [0.1, 0.15) is 13.8 Å². The Hall–Kier alpha value is -1.32. The van der Waals surface area contributed by atoms with E-state index in [1.807, 2.05) is 22.9 Å². The van der Waals surface area contributed by atoms with Gasteiger partial charge in [0, 0.05) is 13.8 Å². The van der Waals surface area contributed by atoms with Crippen molar-refractivity contribution in [3.05, 3.63) is 22.9 Å². The highest BCUT2D eigenvalue weighted by Crippen LogP contribution is 1.91. The first-order valence-electron chi connectivity index (χ1n) is 2.92. The first-order chi connectivity index (χ1) is 5.33. The Labute approximate surface area is 71.3 Å². The van der Waals surface area contributed by atoms with Gasteiger partial charge in [-0.05, 0) is 10.8 Å². The van der Waals surface area contributed by atoms with E-state index in [1.54, 1.807) is 23.5 Å². The largest absolute Gasteiger partial charge is 0.199 e. The van der Waals surface area contributed by atoms with Gasteiger partial charge in [-0.2, -0.15) is 21.9 Å². The summed E-state index contributed by atoms with van der Waals surface area (Å²) >= 11 is 1.71. The average molecular weight is 166 g/mol. The third-order valence-corrected chi connectivity index (χ3v) is 1.05. The molecule has 0 aliphatic heterocycles. The molecule has 0 saturated carbocycles. The summed E-state index contributed by atoms with van der Waals surface area (Å²) in [5.74, 6) is 0. The van der Waals surface area contributed by atoms with E-state index in [0.717, 1.165) is 0 Å². The van der Waals surface area contributed by atoms with Crippen molar-refractivity contribution in [2.75, 3.05) is 0 Å². The van der Waals surface area contributed by atoms with E-state index in [1.165, 1.54) is 13.8 Å². The van der Waals surface area contributed by atoms with Crippen LogP contribution in [0, 0.1) is 22.7 Å². The van der Waals surface area contributed by atoms with Crippen LogP contribution in [-0.4, -0.2) is 0 Å². The van der Waals surface area contributed by atoms with E-state index < -0.39 is 0 Å². The fourth-order valence-electron chi connectivity index (χ4n) is 0.227. The first-order valence-corrected chi connectivity index (χ1v) is 3.86. The molecule has 0 spiro atoms. The zero-order valence-corrected chi connectivity index (χ0v) is 7.43. The van der Waals surface area contributed by atoms with Crippen molar-refractivity contribution < 1.29 is 0 Å². The SMILES string of the molecule is CC#N.CC#N.c1ccsc1. The molecule has 2 nitrogen and oxygen atoms in total. The van der Waals surface area contributed by atoms with Gasteiger partial charge in [0.25, 0.3) is 0 Å². The molecule has 0 radical (unpaired) electrons. The molecule has 1 rings (SSSR count). The summed E-state index contributed by atoms with van der Waals surface area (Å²) in [5, 5.41) is 18.7. The highest BCUT2D eigenvalue weighted by Gasteiger charge is 1.58. The summed E-state index contributed by atoms with van der Waals surface area (Å²) in [6.07, 6.45) is 0. The third kappa shape index (κ3) is 28.6.